The van der Waals surface area contributed by atoms with Gasteiger partial charge in [-0.2, -0.15) is 0 Å². The molecule has 25 heavy (non-hydrogen) atoms. The van der Waals surface area contributed by atoms with Gasteiger partial charge in [0.25, 0.3) is 0 Å². The fraction of sp³-hybridized carbons (Fsp3) is 0.571. The van der Waals surface area contributed by atoms with Gasteiger partial charge in [0.2, 0.25) is 0 Å². The zero-order chi connectivity index (χ0) is 17.1. The topological polar surface area (TPSA) is 39.1 Å². The Morgan fingerprint density at radius 3 is 2.76 bits per heavy atom. The van der Waals surface area contributed by atoms with Gasteiger partial charge in [-0.1, -0.05) is 43.2 Å². The summed E-state index contributed by atoms with van der Waals surface area (Å²) in [5.41, 5.74) is 2.68. The van der Waals surface area contributed by atoms with Crippen LogP contribution in [0, 0.1) is 0 Å². The number of hydrogen-bond acceptors (Lipinski definition) is 3. The molecule has 134 valence electrons. The first-order valence-electron chi connectivity index (χ1n) is 9.70. The van der Waals surface area contributed by atoms with Crippen molar-refractivity contribution in [1.29, 1.82) is 0 Å². The van der Waals surface area contributed by atoms with E-state index in [0.29, 0.717) is 18.0 Å². The lowest BCUT2D eigenvalue weighted by atomic mass is 9.79. The number of benzene rings is 1. The molecule has 2 heterocycles. The summed E-state index contributed by atoms with van der Waals surface area (Å²) in [4.78, 5) is 4.25. The van der Waals surface area contributed by atoms with E-state index in [1.54, 1.807) is 0 Å². The van der Waals surface area contributed by atoms with Gasteiger partial charge in [0.15, 0.2) is 0 Å². The summed E-state index contributed by atoms with van der Waals surface area (Å²) in [5, 5.41) is 4.01. The van der Waals surface area contributed by atoms with E-state index >= 15 is 0 Å². The van der Waals surface area contributed by atoms with Gasteiger partial charge >= 0.3 is 0 Å². The Balaban J connectivity index is 1.44. The summed E-state index contributed by atoms with van der Waals surface area (Å²) in [6.07, 6.45) is 11.4. The number of aryl methyl sites for hydroxylation is 1. The molecule has 0 amide bonds. The highest BCUT2D eigenvalue weighted by Crippen LogP contribution is 2.35. The molecular weight excluding hydrogens is 310 g/mol. The Morgan fingerprint density at radius 1 is 1.12 bits per heavy atom. The number of aromatic nitrogens is 2. The summed E-state index contributed by atoms with van der Waals surface area (Å²) in [7, 11) is 2.05. The first kappa shape index (κ1) is 16.8. The number of hydrogen-bond donors (Lipinski definition) is 1. The summed E-state index contributed by atoms with van der Waals surface area (Å²) >= 11 is 0. The Kier molecular flexibility index (Phi) is 5.18. The minimum Gasteiger partial charge on any atom is -0.372 e. The lowest BCUT2D eigenvalue weighted by Gasteiger charge is -2.38. The maximum Gasteiger partial charge on any atom is 0.100 e. The third kappa shape index (κ3) is 3.80. The second kappa shape index (κ2) is 7.71. The maximum absolute atomic E-state index is 6.03. The van der Waals surface area contributed by atoms with Crippen LogP contribution in [0.4, 0.5) is 0 Å². The van der Waals surface area contributed by atoms with E-state index in [9.17, 15) is 0 Å². The van der Waals surface area contributed by atoms with Crippen molar-refractivity contribution in [2.24, 2.45) is 7.05 Å². The molecular formula is C21H29N3O. The van der Waals surface area contributed by atoms with Gasteiger partial charge in [-0.15, -0.1) is 0 Å². The molecule has 1 aliphatic carbocycles. The molecule has 1 aromatic carbocycles. The molecule has 1 saturated carbocycles. The average molecular weight is 339 g/mol. The normalized spacial score (nSPS) is 30.3. The van der Waals surface area contributed by atoms with Crippen molar-refractivity contribution >= 4 is 0 Å². The van der Waals surface area contributed by atoms with Gasteiger partial charge in [-0.3, -0.25) is 0 Å². The lowest BCUT2D eigenvalue weighted by Crippen LogP contribution is -2.46. The molecule has 1 aromatic heterocycles. The Morgan fingerprint density at radius 2 is 1.96 bits per heavy atom. The number of rotatable bonds is 4. The monoisotopic (exact) mass is 339 g/mol. The third-order valence-corrected chi connectivity index (χ3v) is 5.91. The van der Waals surface area contributed by atoms with Crippen molar-refractivity contribution in [3.63, 3.8) is 0 Å². The van der Waals surface area contributed by atoms with Crippen LogP contribution in [0.25, 0.3) is 0 Å². The fourth-order valence-corrected chi connectivity index (χ4v) is 4.56. The number of imidazole rings is 1. The van der Waals surface area contributed by atoms with Gasteiger partial charge < -0.3 is 14.6 Å². The van der Waals surface area contributed by atoms with Crippen LogP contribution in [0.3, 0.4) is 0 Å². The van der Waals surface area contributed by atoms with Crippen molar-refractivity contribution in [2.75, 3.05) is 6.61 Å². The molecule has 2 fully saturated rings. The van der Waals surface area contributed by atoms with Gasteiger partial charge in [0.1, 0.15) is 6.10 Å². The molecule has 4 atom stereocenters. The predicted molar refractivity (Wildman–Crippen MR) is 99.5 cm³/mol. The van der Waals surface area contributed by atoms with Crippen molar-refractivity contribution in [3.05, 3.63) is 54.1 Å². The number of ether oxygens (including phenoxy) is 1. The average Bonchev–Trinajstić information content (AvgIpc) is 3.09. The standard InChI is InChI=1S/C21H29N3O/c1-24-15-22-14-20(24)21-13-17(11-12-25-21)23-19-10-6-5-9-18(19)16-7-3-2-4-8-16/h2-4,7-8,14-15,17-19,21,23H,5-6,9-13H2,1H3/t17-,18+,19+,21+/m1/s1. The summed E-state index contributed by atoms with van der Waals surface area (Å²) < 4.78 is 8.12. The maximum atomic E-state index is 6.03. The van der Waals surface area contributed by atoms with E-state index in [2.05, 4.69) is 52.2 Å². The minimum atomic E-state index is 0.164. The lowest BCUT2D eigenvalue weighted by molar-refractivity contribution is -0.00697. The molecule has 4 nitrogen and oxygen atoms in total. The van der Waals surface area contributed by atoms with Crippen molar-refractivity contribution in [2.45, 2.75) is 62.6 Å². The van der Waals surface area contributed by atoms with E-state index < -0.39 is 0 Å². The minimum absolute atomic E-state index is 0.164. The van der Waals surface area contributed by atoms with Crippen LogP contribution in [0.15, 0.2) is 42.9 Å². The van der Waals surface area contributed by atoms with Crippen molar-refractivity contribution < 1.29 is 4.74 Å². The molecule has 1 saturated heterocycles. The molecule has 1 aliphatic heterocycles. The molecule has 0 unspecified atom stereocenters. The van der Waals surface area contributed by atoms with E-state index in [1.165, 1.54) is 36.9 Å². The zero-order valence-corrected chi connectivity index (χ0v) is 15.1. The first-order valence-corrected chi connectivity index (χ1v) is 9.70. The molecule has 1 N–H and O–H groups in total. The van der Waals surface area contributed by atoms with Gasteiger partial charge in [-0.25, -0.2) is 4.98 Å². The van der Waals surface area contributed by atoms with Crippen LogP contribution in [0.1, 0.15) is 61.8 Å². The smallest absolute Gasteiger partial charge is 0.100 e. The van der Waals surface area contributed by atoms with E-state index in [-0.39, 0.29) is 6.10 Å². The predicted octanol–water partition coefficient (Wildman–Crippen LogP) is 3.96. The van der Waals surface area contributed by atoms with Crippen LogP contribution in [-0.2, 0) is 11.8 Å². The van der Waals surface area contributed by atoms with Crippen LogP contribution >= 0.6 is 0 Å². The van der Waals surface area contributed by atoms with Crippen molar-refractivity contribution in [3.8, 4) is 0 Å². The fourth-order valence-electron chi connectivity index (χ4n) is 4.56. The van der Waals surface area contributed by atoms with E-state index in [0.717, 1.165) is 19.4 Å². The molecule has 2 aliphatic rings. The molecule has 0 bridgehead atoms. The van der Waals surface area contributed by atoms with Crippen LogP contribution in [0.5, 0.6) is 0 Å². The molecule has 0 spiro atoms. The zero-order valence-electron chi connectivity index (χ0n) is 15.1. The van der Waals surface area contributed by atoms with Gasteiger partial charge in [0.05, 0.1) is 18.2 Å². The first-order chi connectivity index (χ1) is 12.3. The highest BCUT2D eigenvalue weighted by Gasteiger charge is 2.31. The Hall–Kier alpha value is -1.65. The Bertz CT molecular complexity index is 669. The third-order valence-electron chi connectivity index (χ3n) is 5.91. The highest BCUT2D eigenvalue weighted by molar-refractivity contribution is 5.22. The van der Waals surface area contributed by atoms with E-state index in [1.807, 2.05) is 12.5 Å². The van der Waals surface area contributed by atoms with Crippen LogP contribution < -0.4 is 5.32 Å². The second-order valence-corrected chi connectivity index (χ2v) is 7.58. The SMILES string of the molecule is Cn1cncc1[C@@H]1C[C@H](N[C@H]2CCCC[C@H]2c2ccccc2)CCO1. The second-order valence-electron chi connectivity index (χ2n) is 7.58. The quantitative estimate of drug-likeness (QED) is 0.916. The summed E-state index contributed by atoms with van der Waals surface area (Å²) in [5.74, 6) is 0.646. The number of nitrogens with zero attached hydrogens (tertiary/aromatic N) is 2. The van der Waals surface area contributed by atoms with Crippen LogP contribution in [-0.4, -0.2) is 28.2 Å². The van der Waals surface area contributed by atoms with Gasteiger partial charge in [0, 0.05) is 25.7 Å². The van der Waals surface area contributed by atoms with Crippen LogP contribution in [0.2, 0.25) is 0 Å². The number of nitrogens with one attached hydrogen (secondary N) is 1. The summed E-state index contributed by atoms with van der Waals surface area (Å²) in [6.45, 7) is 0.830. The van der Waals surface area contributed by atoms with Gasteiger partial charge in [-0.05, 0) is 37.2 Å². The summed E-state index contributed by atoms with van der Waals surface area (Å²) in [6, 6.07) is 12.2. The molecule has 4 rings (SSSR count). The Labute approximate surface area is 150 Å². The highest BCUT2D eigenvalue weighted by atomic mass is 16.5. The molecule has 2 aromatic rings. The van der Waals surface area contributed by atoms with E-state index in [4.69, 9.17) is 4.74 Å². The molecule has 0 radical (unpaired) electrons. The molecule has 4 heteroatoms. The largest absolute Gasteiger partial charge is 0.372 e. The van der Waals surface area contributed by atoms with Crippen molar-refractivity contribution in [1.82, 2.24) is 14.9 Å².